The first kappa shape index (κ1) is 18.6. The molecule has 1 aromatic heterocycles. The van der Waals surface area contributed by atoms with Gasteiger partial charge in [-0.15, -0.1) is 0 Å². The van der Waals surface area contributed by atoms with Crippen LogP contribution >= 0.6 is 11.3 Å². The summed E-state index contributed by atoms with van der Waals surface area (Å²) < 4.78 is 5.91. The Kier molecular flexibility index (Phi) is 5.83. The predicted octanol–water partition coefficient (Wildman–Crippen LogP) is 3.69. The van der Waals surface area contributed by atoms with Crippen molar-refractivity contribution >= 4 is 28.6 Å². The van der Waals surface area contributed by atoms with Gasteiger partial charge in [0, 0.05) is 5.56 Å². The number of para-hydroxylation sites is 1. The van der Waals surface area contributed by atoms with Crippen LogP contribution in [-0.2, 0) is 6.61 Å². The fourth-order valence-corrected chi connectivity index (χ4v) is 3.24. The maximum Gasteiger partial charge on any atom is 0.283 e. The van der Waals surface area contributed by atoms with Gasteiger partial charge in [-0.05, 0) is 31.5 Å². The SMILES string of the molecule is Cc1cccc(COc2ccccc2C=NNC(=O)c2sc(N)nc2C)c1. The molecule has 7 heteroatoms. The summed E-state index contributed by atoms with van der Waals surface area (Å²) in [5.41, 5.74) is 11.8. The van der Waals surface area contributed by atoms with E-state index in [4.69, 9.17) is 10.5 Å². The van der Waals surface area contributed by atoms with Gasteiger partial charge in [-0.2, -0.15) is 5.10 Å². The van der Waals surface area contributed by atoms with Crippen LogP contribution in [0.2, 0.25) is 0 Å². The minimum absolute atomic E-state index is 0.337. The van der Waals surface area contributed by atoms with E-state index in [1.807, 2.05) is 49.4 Å². The topological polar surface area (TPSA) is 89.6 Å². The lowest BCUT2D eigenvalue weighted by Crippen LogP contribution is -2.17. The number of amides is 1. The van der Waals surface area contributed by atoms with Gasteiger partial charge in [0.1, 0.15) is 17.2 Å². The van der Waals surface area contributed by atoms with E-state index in [2.05, 4.69) is 21.6 Å². The molecular formula is C20H20N4O2S. The third-order valence-corrected chi connectivity index (χ3v) is 4.77. The Morgan fingerprint density at radius 3 is 2.81 bits per heavy atom. The van der Waals surface area contributed by atoms with Gasteiger partial charge in [0.05, 0.1) is 11.9 Å². The molecule has 3 rings (SSSR count). The number of carbonyl (C=O) groups excluding carboxylic acids is 1. The molecule has 0 saturated heterocycles. The van der Waals surface area contributed by atoms with E-state index in [0.29, 0.717) is 28.1 Å². The van der Waals surface area contributed by atoms with Crippen LogP contribution in [0.15, 0.2) is 53.6 Å². The zero-order valence-corrected chi connectivity index (χ0v) is 15.9. The van der Waals surface area contributed by atoms with Crippen molar-refractivity contribution in [3.05, 3.63) is 75.8 Å². The molecule has 6 nitrogen and oxygen atoms in total. The van der Waals surface area contributed by atoms with Crippen LogP contribution in [-0.4, -0.2) is 17.1 Å². The van der Waals surface area contributed by atoms with Gasteiger partial charge in [0.15, 0.2) is 5.13 Å². The number of hydrazone groups is 1. The number of nitrogen functional groups attached to an aromatic ring is 1. The maximum atomic E-state index is 12.2. The second-order valence-electron chi connectivity index (χ2n) is 5.98. The van der Waals surface area contributed by atoms with Crippen molar-refractivity contribution in [1.29, 1.82) is 0 Å². The molecule has 0 atom stereocenters. The van der Waals surface area contributed by atoms with Gasteiger partial charge in [-0.3, -0.25) is 4.79 Å². The molecule has 27 heavy (non-hydrogen) atoms. The molecule has 1 amide bonds. The van der Waals surface area contributed by atoms with Gasteiger partial charge in [0.25, 0.3) is 5.91 Å². The number of rotatable bonds is 6. The summed E-state index contributed by atoms with van der Waals surface area (Å²) in [6.45, 7) is 4.24. The summed E-state index contributed by atoms with van der Waals surface area (Å²) in [4.78, 5) is 16.6. The lowest BCUT2D eigenvalue weighted by atomic mass is 10.1. The average Bonchev–Trinajstić information content (AvgIpc) is 2.99. The van der Waals surface area contributed by atoms with Gasteiger partial charge >= 0.3 is 0 Å². The highest BCUT2D eigenvalue weighted by Gasteiger charge is 2.13. The number of thiazole rings is 1. The summed E-state index contributed by atoms with van der Waals surface area (Å²) in [6.07, 6.45) is 1.56. The quantitative estimate of drug-likeness (QED) is 0.504. The highest BCUT2D eigenvalue weighted by Crippen LogP contribution is 2.20. The number of hydrogen-bond acceptors (Lipinski definition) is 6. The standard InChI is InChI=1S/C20H20N4O2S/c1-13-6-5-7-15(10-13)12-26-17-9-4-3-8-16(17)11-22-24-19(25)18-14(2)23-20(21)27-18/h3-11H,12H2,1-2H3,(H2,21,23)(H,24,25). The smallest absolute Gasteiger partial charge is 0.283 e. The molecule has 0 fully saturated rings. The van der Waals surface area contributed by atoms with Crippen molar-refractivity contribution < 1.29 is 9.53 Å². The number of nitrogens with zero attached hydrogens (tertiary/aromatic N) is 2. The number of carbonyl (C=O) groups is 1. The molecule has 3 N–H and O–H groups in total. The Labute approximate surface area is 161 Å². The van der Waals surface area contributed by atoms with Crippen LogP contribution in [0.1, 0.15) is 32.1 Å². The molecule has 0 bridgehead atoms. The molecule has 138 valence electrons. The summed E-state index contributed by atoms with van der Waals surface area (Å²) >= 11 is 1.13. The third kappa shape index (κ3) is 4.92. The largest absolute Gasteiger partial charge is 0.488 e. The number of nitrogens with two attached hydrogens (primary N) is 1. The van der Waals surface area contributed by atoms with E-state index in [1.165, 1.54) is 5.56 Å². The first-order valence-corrected chi connectivity index (χ1v) is 9.18. The molecule has 0 radical (unpaired) electrons. The molecule has 0 spiro atoms. The van der Waals surface area contributed by atoms with Crippen LogP contribution in [0.3, 0.4) is 0 Å². The van der Waals surface area contributed by atoms with Gasteiger partial charge in [-0.25, -0.2) is 10.4 Å². The number of nitrogens with one attached hydrogen (secondary N) is 1. The number of anilines is 1. The van der Waals surface area contributed by atoms with Crippen molar-refractivity contribution in [2.24, 2.45) is 5.10 Å². The summed E-state index contributed by atoms with van der Waals surface area (Å²) in [7, 11) is 0. The Hall–Kier alpha value is -3.19. The molecule has 2 aromatic carbocycles. The maximum absolute atomic E-state index is 12.2. The zero-order chi connectivity index (χ0) is 19.2. The highest BCUT2D eigenvalue weighted by molar-refractivity contribution is 7.17. The van der Waals surface area contributed by atoms with Gasteiger partial charge < -0.3 is 10.5 Å². The Bertz CT molecular complexity index is 982. The number of aryl methyl sites for hydroxylation is 2. The second kappa shape index (κ2) is 8.46. The predicted molar refractivity (Wildman–Crippen MR) is 108 cm³/mol. The monoisotopic (exact) mass is 380 g/mol. The lowest BCUT2D eigenvalue weighted by Gasteiger charge is -2.09. The van der Waals surface area contributed by atoms with Gasteiger partial charge in [0.2, 0.25) is 0 Å². The van der Waals surface area contributed by atoms with E-state index in [9.17, 15) is 4.79 Å². The number of hydrogen-bond donors (Lipinski definition) is 2. The van der Waals surface area contributed by atoms with E-state index >= 15 is 0 Å². The molecule has 1 heterocycles. The first-order valence-electron chi connectivity index (χ1n) is 8.36. The molecular weight excluding hydrogens is 360 g/mol. The van der Waals surface area contributed by atoms with Crippen LogP contribution in [0.25, 0.3) is 0 Å². The third-order valence-electron chi connectivity index (χ3n) is 3.78. The summed E-state index contributed by atoms with van der Waals surface area (Å²) in [5, 5.41) is 4.39. The van der Waals surface area contributed by atoms with Crippen molar-refractivity contribution in [3.63, 3.8) is 0 Å². The minimum atomic E-state index is -0.337. The van der Waals surface area contributed by atoms with E-state index in [1.54, 1.807) is 13.1 Å². The van der Waals surface area contributed by atoms with Crippen molar-refractivity contribution in [2.45, 2.75) is 20.5 Å². The van der Waals surface area contributed by atoms with Crippen molar-refractivity contribution in [3.8, 4) is 5.75 Å². The Morgan fingerprint density at radius 2 is 2.07 bits per heavy atom. The summed E-state index contributed by atoms with van der Waals surface area (Å²) in [5.74, 6) is 0.353. The van der Waals surface area contributed by atoms with E-state index in [0.717, 1.165) is 22.5 Å². The van der Waals surface area contributed by atoms with Crippen molar-refractivity contribution in [1.82, 2.24) is 10.4 Å². The van der Waals surface area contributed by atoms with E-state index in [-0.39, 0.29) is 5.91 Å². The highest BCUT2D eigenvalue weighted by atomic mass is 32.1. The van der Waals surface area contributed by atoms with Crippen LogP contribution < -0.4 is 15.9 Å². The fraction of sp³-hybridized carbons (Fsp3) is 0.150. The lowest BCUT2D eigenvalue weighted by molar-refractivity contribution is 0.0958. The number of ether oxygens (including phenoxy) is 1. The van der Waals surface area contributed by atoms with Crippen molar-refractivity contribution in [2.75, 3.05) is 5.73 Å². The van der Waals surface area contributed by atoms with Crippen LogP contribution in [0, 0.1) is 13.8 Å². The molecule has 0 unspecified atom stereocenters. The Balaban J connectivity index is 1.65. The molecule has 0 saturated carbocycles. The fourth-order valence-electron chi connectivity index (χ4n) is 2.52. The number of aromatic nitrogens is 1. The minimum Gasteiger partial charge on any atom is -0.488 e. The molecule has 0 aliphatic heterocycles. The van der Waals surface area contributed by atoms with Gasteiger partial charge in [-0.1, -0.05) is 53.3 Å². The van der Waals surface area contributed by atoms with Crippen LogP contribution in [0.4, 0.5) is 5.13 Å². The van der Waals surface area contributed by atoms with E-state index < -0.39 is 0 Å². The number of benzene rings is 2. The first-order chi connectivity index (χ1) is 13.0. The summed E-state index contributed by atoms with van der Waals surface area (Å²) in [6, 6.07) is 15.7. The normalized spacial score (nSPS) is 10.9. The second-order valence-corrected chi connectivity index (χ2v) is 7.01. The van der Waals surface area contributed by atoms with Crippen LogP contribution in [0.5, 0.6) is 5.75 Å². The Morgan fingerprint density at radius 1 is 1.26 bits per heavy atom. The average molecular weight is 380 g/mol. The molecule has 0 aliphatic rings. The zero-order valence-electron chi connectivity index (χ0n) is 15.1. The molecule has 0 aliphatic carbocycles. The molecule has 3 aromatic rings.